The molecule has 0 aromatic heterocycles. The molecule has 0 spiro atoms. The van der Waals surface area contributed by atoms with Crippen LogP contribution in [0.25, 0.3) is 0 Å². The van der Waals surface area contributed by atoms with E-state index in [-0.39, 0.29) is 11.8 Å². The van der Waals surface area contributed by atoms with Gasteiger partial charge in [-0.25, -0.2) is 0 Å². The smallest absolute Gasteiger partial charge is 0.226 e. The lowest BCUT2D eigenvalue weighted by Gasteiger charge is -2.21. The summed E-state index contributed by atoms with van der Waals surface area (Å²) in [5.74, 6) is -0.391. The van der Waals surface area contributed by atoms with Crippen molar-refractivity contribution in [3.8, 4) is 0 Å². The molecule has 1 aromatic rings. The van der Waals surface area contributed by atoms with Crippen molar-refractivity contribution in [1.29, 1.82) is 0 Å². The number of benzene rings is 1. The number of likely N-dealkylation sites (N-methyl/N-ethyl adjacent to an activating group) is 1. The minimum Gasteiger partial charge on any atom is -0.369 e. The van der Waals surface area contributed by atoms with Crippen molar-refractivity contribution in [2.24, 2.45) is 5.73 Å². The molecule has 1 atom stereocenters. The number of hydrogen-bond acceptors (Lipinski definition) is 3. The van der Waals surface area contributed by atoms with Crippen molar-refractivity contribution < 1.29 is 4.79 Å². The molecule has 1 heterocycles. The number of hydrogen-bond donors (Lipinski definition) is 1. The van der Waals surface area contributed by atoms with Crippen LogP contribution in [0.15, 0.2) is 24.3 Å². The highest BCUT2D eigenvalue weighted by atomic mass is 16.1. The van der Waals surface area contributed by atoms with Crippen LogP contribution in [0.3, 0.4) is 0 Å². The minimum atomic E-state index is -0.232. The Morgan fingerprint density at radius 1 is 1.47 bits per heavy atom. The summed E-state index contributed by atoms with van der Waals surface area (Å²) in [5.41, 5.74) is 7.67. The highest BCUT2D eigenvalue weighted by Gasteiger charge is 2.31. The van der Waals surface area contributed by atoms with Crippen molar-refractivity contribution in [2.75, 3.05) is 38.6 Å². The average Bonchev–Trinajstić information content (AvgIpc) is 2.65. The first-order chi connectivity index (χ1) is 8.09. The molecule has 2 N–H and O–H groups in total. The van der Waals surface area contributed by atoms with Gasteiger partial charge in [-0.05, 0) is 25.7 Å². The number of anilines is 1. The quantitative estimate of drug-likeness (QED) is 0.830. The first kappa shape index (κ1) is 11.9. The largest absolute Gasteiger partial charge is 0.369 e. The molecule has 1 amide bonds. The van der Waals surface area contributed by atoms with Gasteiger partial charge in [0.05, 0.1) is 5.92 Å². The van der Waals surface area contributed by atoms with E-state index < -0.39 is 0 Å². The van der Waals surface area contributed by atoms with Crippen LogP contribution < -0.4 is 10.6 Å². The highest BCUT2D eigenvalue weighted by molar-refractivity contribution is 5.87. The van der Waals surface area contributed by atoms with Crippen LogP contribution >= 0.6 is 0 Å². The van der Waals surface area contributed by atoms with Gasteiger partial charge in [0.2, 0.25) is 5.91 Å². The van der Waals surface area contributed by atoms with Crippen LogP contribution in [-0.4, -0.2) is 44.5 Å². The standard InChI is InChI=1S/C13H19N3O/c1-15(2)7-8-16-9-11(13(14)17)10-5-3-4-6-12(10)16/h3-6,11H,7-9H2,1-2H3,(H2,14,17). The third-order valence-corrected chi connectivity index (χ3v) is 3.22. The molecule has 4 heteroatoms. The van der Waals surface area contributed by atoms with E-state index in [1.807, 2.05) is 32.3 Å². The van der Waals surface area contributed by atoms with E-state index in [9.17, 15) is 4.79 Å². The molecule has 1 aliphatic rings. The van der Waals surface area contributed by atoms with Gasteiger partial charge in [0.25, 0.3) is 0 Å². The number of para-hydroxylation sites is 1. The average molecular weight is 233 g/mol. The van der Waals surface area contributed by atoms with Crippen LogP contribution in [0.1, 0.15) is 11.5 Å². The fourth-order valence-electron chi connectivity index (χ4n) is 2.26. The van der Waals surface area contributed by atoms with Crippen LogP contribution in [0.4, 0.5) is 5.69 Å². The van der Waals surface area contributed by atoms with Gasteiger partial charge in [0.15, 0.2) is 0 Å². The predicted molar refractivity (Wildman–Crippen MR) is 69.1 cm³/mol. The van der Waals surface area contributed by atoms with Gasteiger partial charge in [-0.3, -0.25) is 4.79 Å². The summed E-state index contributed by atoms with van der Waals surface area (Å²) in [6.07, 6.45) is 0. The fourth-order valence-corrected chi connectivity index (χ4v) is 2.26. The van der Waals surface area contributed by atoms with Crippen LogP contribution in [-0.2, 0) is 4.79 Å². The molecule has 17 heavy (non-hydrogen) atoms. The maximum Gasteiger partial charge on any atom is 0.226 e. The summed E-state index contributed by atoms with van der Waals surface area (Å²) in [6, 6.07) is 8.03. The molecule has 0 radical (unpaired) electrons. The number of nitrogens with two attached hydrogens (primary N) is 1. The number of rotatable bonds is 4. The molecule has 4 nitrogen and oxygen atoms in total. The zero-order chi connectivity index (χ0) is 12.4. The Morgan fingerprint density at radius 3 is 2.82 bits per heavy atom. The Hall–Kier alpha value is -1.55. The minimum absolute atomic E-state index is 0.159. The van der Waals surface area contributed by atoms with Crippen molar-refractivity contribution in [1.82, 2.24) is 4.90 Å². The van der Waals surface area contributed by atoms with Gasteiger partial charge < -0.3 is 15.5 Å². The molecule has 0 saturated heterocycles. The molecule has 0 fully saturated rings. The topological polar surface area (TPSA) is 49.6 Å². The number of nitrogens with zero attached hydrogens (tertiary/aromatic N) is 2. The monoisotopic (exact) mass is 233 g/mol. The summed E-state index contributed by atoms with van der Waals surface area (Å²) >= 11 is 0. The Labute approximate surface area is 102 Å². The number of amides is 1. The summed E-state index contributed by atoms with van der Waals surface area (Å²) in [5, 5.41) is 0. The van der Waals surface area contributed by atoms with Gasteiger partial charge in [-0.1, -0.05) is 18.2 Å². The van der Waals surface area contributed by atoms with E-state index in [1.165, 1.54) is 0 Å². The van der Waals surface area contributed by atoms with E-state index in [1.54, 1.807) is 0 Å². The lowest BCUT2D eigenvalue weighted by atomic mass is 10.0. The normalized spacial score (nSPS) is 18.5. The fraction of sp³-hybridized carbons (Fsp3) is 0.462. The third-order valence-electron chi connectivity index (χ3n) is 3.22. The first-order valence-corrected chi connectivity index (χ1v) is 5.87. The Morgan fingerprint density at radius 2 is 2.18 bits per heavy atom. The van der Waals surface area contributed by atoms with Gasteiger partial charge in [0.1, 0.15) is 0 Å². The van der Waals surface area contributed by atoms with Crippen molar-refractivity contribution in [3.05, 3.63) is 29.8 Å². The van der Waals surface area contributed by atoms with E-state index in [4.69, 9.17) is 5.73 Å². The second kappa shape index (κ2) is 4.75. The Balaban J connectivity index is 2.19. The van der Waals surface area contributed by atoms with Crippen molar-refractivity contribution in [3.63, 3.8) is 0 Å². The lowest BCUT2D eigenvalue weighted by molar-refractivity contribution is -0.119. The summed E-state index contributed by atoms with van der Waals surface area (Å²) in [4.78, 5) is 15.8. The Kier molecular flexibility index (Phi) is 3.33. The van der Waals surface area contributed by atoms with Crippen LogP contribution in [0, 0.1) is 0 Å². The maximum atomic E-state index is 11.4. The molecule has 0 saturated carbocycles. The van der Waals surface area contributed by atoms with Gasteiger partial charge in [-0.2, -0.15) is 0 Å². The molecule has 0 bridgehead atoms. The van der Waals surface area contributed by atoms with Crippen molar-refractivity contribution in [2.45, 2.75) is 5.92 Å². The Bertz CT molecular complexity index is 417. The number of carbonyl (C=O) groups excluding carboxylic acids is 1. The molecular formula is C13H19N3O. The number of fused-ring (bicyclic) bond motifs is 1. The van der Waals surface area contributed by atoms with Crippen LogP contribution in [0.2, 0.25) is 0 Å². The SMILES string of the molecule is CN(C)CCN1CC(C(N)=O)c2ccccc21. The molecule has 2 rings (SSSR count). The molecule has 1 unspecified atom stereocenters. The molecular weight excluding hydrogens is 214 g/mol. The van der Waals surface area contributed by atoms with Crippen LogP contribution in [0.5, 0.6) is 0 Å². The highest BCUT2D eigenvalue weighted by Crippen LogP contribution is 2.35. The van der Waals surface area contributed by atoms with E-state index >= 15 is 0 Å². The zero-order valence-electron chi connectivity index (χ0n) is 10.4. The molecule has 1 aromatic carbocycles. The molecule has 92 valence electrons. The summed E-state index contributed by atoms with van der Waals surface area (Å²) in [7, 11) is 4.10. The summed E-state index contributed by atoms with van der Waals surface area (Å²) < 4.78 is 0. The number of carbonyl (C=O) groups is 1. The van der Waals surface area contributed by atoms with E-state index in [2.05, 4.69) is 15.9 Å². The predicted octanol–water partition coefficient (Wildman–Crippen LogP) is 0.637. The summed E-state index contributed by atoms with van der Waals surface area (Å²) in [6.45, 7) is 2.61. The van der Waals surface area contributed by atoms with Gasteiger partial charge in [0, 0.05) is 25.3 Å². The third kappa shape index (κ3) is 2.42. The molecule has 0 aliphatic carbocycles. The first-order valence-electron chi connectivity index (χ1n) is 5.87. The van der Waals surface area contributed by atoms with E-state index in [0.717, 1.165) is 24.3 Å². The maximum absolute atomic E-state index is 11.4. The second-order valence-electron chi connectivity index (χ2n) is 4.76. The van der Waals surface area contributed by atoms with Gasteiger partial charge in [-0.15, -0.1) is 0 Å². The zero-order valence-corrected chi connectivity index (χ0v) is 10.4. The van der Waals surface area contributed by atoms with E-state index in [0.29, 0.717) is 6.54 Å². The second-order valence-corrected chi connectivity index (χ2v) is 4.76. The van der Waals surface area contributed by atoms with Crippen molar-refractivity contribution >= 4 is 11.6 Å². The lowest BCUT2D eigenvalue weighted by Crippen LogP contribution is -2.33. The number of primary amides is 1. The molecule has 1 aliphatic heterocycles. The van der Waals surface area contributed by atoms with Gasteiger partial charge >= 0.3 is 0 Å².